The van der Waals surface area contributed by atoms with Gasteiger partial charge in [0.25, 0.3) is 10.0 Å². The zero-order valence-electron chi connectivity index (χ0n) is 11.9. The Bertz CT molecular complexity index is 792. The molecule has 1 heterocycles. The Kier molecular flexibility index (Phi) is 3.24. The fourth-order valence-electron chi connectivity index (χ4n) is 2.97. The highest BCUT2D eigenvalue weighted by Crippen LogP contribution is 2.34. The average molecular weight is 305 g/mol. The van der Waals surface area contributed by atoms with Gasteiger partial charge >= 0.3 is 0 Å². The second-order valence-electron chi connectivity index (χ2n) is 5.32. The van der Waals surface area contributed by atoms with Crippen LogP contribution < -0.4 is 4.31 Å². The maximum atomic E-state index is 13.4. The highest BCUT2D eigenvalue weighted by Gasteiger charge is 2.32. The van der Waals surface area contributed by atoms with E-state index in [0.29, 0.717) is 24.1 Å². The zero-order valence-corrected chi connectivity index (χ0v) is 12.7. The van der Waals surface area contributed by atoms with Crippen LogP contribution in [0.4, 0.5) is 10.1 Å². The van der Waals surface area contributed by atoms with E-state index in [0.717, 1.165) is 11.3 Å². The van der Waals surface area contributed by atoms with Crippen molar-refractivity contribution in [3.05, 3.63) is 58.9 Å². The first-order valence-corrected chi connectivity index (χ1v) is 8.22. The third-order valence-corrected chi connectivity index (χ3v) is 5.94. The van der Waals surface area contributed by atoms with Crippen LogP contribution in [0.3, 0.4) is 0 Å². The molecule has 0 spiro atoms. The monoisotopic (exact) mass is 305 g/mol. The summed E-state index contributed by atoms with van der Waals surface area (Å²) < 4.78 is 40.7. The van der Waals surface area contributed by atoms with Gasteiger partial charge in [-0.1, -0.05) is 18.2 Å². The SMILES string of the molecule is Cc1cc(F)cc(C)c1S(=O)(=O)N1CCc2ccccc21. The van der Waals surface area contributed by atoms with Crippen LogP contribution in [0.25, 0.3) is 0 Å². The number of nitrogens with zero attached hydrogens (tertiary/aromatic N) is 1. The Morgan fingerprint density at radius 3 is 2.38 bits per heavy atom. The normalized spacial score (nSPS) is 14.3. The summed E-state index contributed by atoms with van der Waals surface area (Å²) in [5.41, 5.74) is 2.63. The predicted octanol–water partition coefficient (Wildman–Crippen LogP) is 3.19. The largest absolute Gasteiger partial charge is 0.266 e. The quantitative estimate of drug-likeness (QED) is 0.854. The highest BCUT2D eigenvalue weighted by molar-refractivity contribution is 7.93. The molecule has 0 atom stereocenters. The minimum absolute atomic E-state index is 0.209. The molecule has 0 aliphatic carbocycles. The number of aryl methyl sites for hydroxylation is 2. The van der Waals surface area contributed by atoms with Gasteiger partial charge in [-0.15, -0.1) is 0 Å². The molecule has 21 heavy (non-hydrogen) atoms. The number of sulfonamides is 1. The van der Waals surface area contributed by atoms with Crippen molar-refractivity contribution in [2.24, 2.45) is 0 Å². The minimum Gasteiger partial charge on any atom is -0.266 e. The zero-order chi connectivity index (χ0) is 15.2. The molecule has 0 unspecified atom stereocenters. The van der Waals surface area contributed by atoms with E-state index >= 15 is 0 Å². The van der Waals surface area contributed by atoms with Gasteiger partial charge in [0, 0.05) is 6.54 Å². The van der Waals surface area contributed by atoms with Gasteiger partial charge in [0.05, 0.1) is 10.6 Å². The summed E-state index contributed by atoms with van der Waals surface area (Å²) >= 11 is 0. The van der Waals surface area contributed by atoms with E-state index in [2.05, 4.69) is 0 Å². The highest BCUT2D eigenvalue weighted by atomic mass is 32.2. The molecule has 2 aromatic rings. The van der Waals surface area contributed by atoms with Gasteiger partial charge in [-0.3, -0.25) is 4.31 Å². The van der Waals surface area contributed by atoms with Gasteiger partial charge in [0.1, 0.15) is 5.82 Å². The van der Waals surface area contributed by atoms with E-state index in [9.17, 15) is 12.8 Å². The summed E-state index contributed by atoms with van der Waals surface area (Å²) in [5, 5.41) is 0. The number of benzene rings is 2. The van der Waals surface area contributed by atoms with E-state index in [1.165, 1.54) is 16.4 Å². The molecule has 0 saturated carbocycles. The predicted molar refractivity (Wildman–Crippen MR) is 80.6 cm³/mol. The lowest BCUT2D eigenvalue weighted by atomic mass is 10.1. The standard InChI is InChI=1S/C16H16FNO2S/c1-11-9-14(17)10-12(2)16(11)21(19,20)18-8-7-13-5-3-4-6-15(13)18/h3-6,9-10H,7-8H2,1-2H3. The van der Waals surface area contributed by atoms with Crippen LogP contribution in [0, 0.1) is 19.7 Å². The van der Waals surface area contributed by atoms with Crippen molar-refractivity contribution in [1.82, 2.24) is 0 Å². The fraction of sp³-hybridized carbons (Fsp3) is 0.250. The molecule has 0 fully saturated rings. The molecule has 1 aliphatic heterocycles. The minimum atomic E-state index is -3.66. The molecule has 0 N–H and O–H groups in total. The Morgan fingerprint density at radius 1 is 1.10 bits per heavy atom. The van der Waals surface area contributed by atoms with E-state index in [-0.39, 0.29) is 4.90 Å². The van der Waals surface area contributed by atoms with Crippen LogP contribution in [-0.4, -0.2) is 15.0 Å². The van der Waals surface area contributed by atoms with Gasteiger partial charge in [-0.25, -0.2) is 12.8 Å². The van der Waals surface area contributed by atoms with Crippen LogP contribution in [-0.2, 0) is 16.4 Å². The molecule has 0 radical (unpaired) electrons. The van der Waals surface area contributed by atoms with E-state index in [1.807, 2.05) is 24.3 Å². The van der Waals surface area contributed by atoms with Gasteiger partial charge in [-0.05, 0) is 55.2 Å². The number of hydrogen-bond acceptors (Lipinski definition) is 2. The summed E-state index contributed by atoms with van der Waals surface area (Å²) in [5.74, 6) is -0.411. The molecule has 1 aliphatic rings. The lowest BCUT2D eigenvalue weighted by Gasteiger charge is -2.22. The summed E-state index contributed by atoms with van der Waals surface area (Å²) in [6.45, 7) is 3.69. The van der Waals surface area contributed by atoms with Crippen molar-refractivity contribution in [3.8, 4) is 0 Å². The molecule has 5 heteroatoms. The Balaban J connectivity index is 2.16. The van der Waals surface area contributed by atoms with E-state index in [1.54, 1.807) is 13.8 Å². The van der Waals surface area contributed by atoms with Crippen LogP contribution in [0.2, 0.25) is 0 Å². The number of para-hydroxylation sites is 1. The molecule has 0 bridgehead atoms. The Morgan fingerprint density at radius 2 is 1.71 bits per heavy atom. The number of anilines is 1. The first-order chi connectivity index (χ1) is 9.91. The van der Waals surface area contributed by atoms with Crippen molar-refractivity contribution >= 4 is 15.7 Å². The Hall–Kier alpha value is -1.88. The second-order valence-corrected chi connectivity index (χ2v) is 7.12. The number of halogens is 1. The summed E-state index contributed by atoms with van der Waals surface area (Å²) in [6, 6.07) is 10.0. The number of hydrogen-bond donors (Lipinski definition) is 0. The molecule has 0 saturated heterocycles. The van der Waals surface area contributed by atoms with Crippen LogP contribution >= 0.6 is 0 Å². The van der Waals surface area contributed by atoms with Crippen molar-refractivity contribution in [1.29, 1.82) is 0 Å². The molecule has 110 valence electrons. The van der Waals surface area contributed by atoms with Gasteiger partial charge < -0.3 is 0 Å². The summed E-state index contributed by atoms with van der Waals surface area (Å²) in [7, 11) is -3.66. The van der Waals surface area contributed by atoms with Crippen LogP contribution in [0.1, 0.15) is 16.7 Å². The molecule has 0 aromatic heterocycles. The van der Waals surface area contributed by atoms with Crippen LogP contribution in [0.5, 0.6) is 0 Å². The first kappa shape index (κ1) is 14.1. The van der Waals surface area contributed by atoms with Crippen molar-refractivity contribution < 1.29 is 12.8 Å². The molecule has 3 rings (SSSR count). The van der Waals surface area contributed by atoms with E-state index in [4.69, 9.17) is 0 Å². The summed E-state index contributed by atoms with van der Waals surface area (Å²) in [6.07, 6.45) is 0.703. The smallest absolute Gasteiger partial charge is 0.264 e. The van der Waals surface area contributed by atoms with Gasteiger partial charge in [-0.2, -0.15) is 0 Å². The van der Waals surface area contributed by atoms with Crippen molar-refractivity contribution in [2.45, 2.75) is 25.2 Å². The van der Waals surface area contributed by atoms with Crippen LogP contribution in [0.15, 0.2) is 41.3 Å². The first-order valence-electron chi connectivity index (χ1n) is 6.78. The third kappa shape index (κ3) is 2.21. The maximum absolute atomic E-state index is 13.4. The average Bonchev–Trinajstić information content (AvgIpc) is 2.81. The molecular formula is C16H16FNO2S. The lowest BCUT2D eigenvalue weighted by molar-refractivity contribution is 0.589. The van der Waals surface area contributed by atoms with Crippen molar-refractivity contribution in [2.75, 3.05) is 10.8 Å². The topological polar surface area (TPSA) is 37.4 Å². The number of rotatable bonds is 2. The summed E-state index contributed by atoms with van der Waals surface area (Å²) in [4.78, 5) is 0.209. The Labute approximate surface area is 124 Å². The molecule has 2 aromatic carbocycles. The van der Waals surface area contributed by atoms with Crippen molar-refractivity contribution in [3.63, 3.8) is 0 Å². The van der Waals surface area contributed by atoms with Gasteiger partial charge in [0.15, 0.2) is 0 Å². The van der Waals surface area contributed by atoms with E-state index < -0.39 is 15.8 Å². The third-order valence-electron chi connectivity index (χ3n) is 3.82. The molecular weight excluding hydrogens is 289 g/mol. The lowest BCUT2D eigenvalue weighted by Crippen LogP contribution is -2.30. The number of fused-ring (bicyclic) bond motifs is 1. The van der Waals surface area contributed by atoms with Gasteiger partial charge in [0.2, 0.25) is 0 Å². The fourth-order valence-corrected chi connectivity index (χ4v) is 4.89. The molecule has 3 nitrogen and oxygen atoms in total. The maximum Gasteiger partial charge on any atom is 0.264 e. The molecule has 0 amide bonds. The second kappa shape index (κ2) is 4.84.